The number of aromatic nitrogens is 2. The van der Waals surface area contributed by atoms with Gasteiger partial charge in [-0.05, 0) is 24.6 Å². The summed E-state index contributed by atoms with van der Waals surface area (Å²) in [5, 5.41) is 2.46. The second kappa shape index (κ2) is 3.86. The lowest BCUT2D eigenvalue weighted by Gasteiger charge is -2.04. The van der Waals surface area contributed by atoms with Crippen LogP contribution < -0.4 is 0 Å². The molecule has 0 fully saturated rings. The molecule has 0 aliphatic rings. The molecule has 3 aromatic rings. The van der Waals surface area contributed by atoms with E-state index in [1.165, 1.54) is 21.9 Å². The second-order valence-electron chi connectivity index (χ2n) is 4.19. The molecule has 3 heteroatoms. The van der Waals surface area contributed by atoms with Crippen LogP contribution in [0.25, 0.3) is 21.9 Å². The first-order valence-electron chi connectivity index (χ1n) is 5.64. The molecule has 0 aliphatic heterocycles. The minimum Gasteiger partial charge on any atom is -0.364 e. The lowest BCUT2D eigenvalue weighted by molar-refractivity contribution is 0.137. The molecule has 0 N–H and O–H groups in total. The Kier molecular flexibility index (Phi) is 2.34. The summed E-state index contributed by atoms with van der Waals surface area (Å²) in [6, 6.07) is 10.4. The van der Waals surface area contributed by atoms with Crippen molar-refractivity contribution in [3.63, 3.8) is 0 Å². The van der Waals surface area contributed by atoms with E-state index >= 15 is 0 Å². The molecule has 3 rings (SSSR count). The van der Waals surface area contributed by atoms with Gasteiger partial charge in [-0.1, -0.05) is 18.2 Å². The van der Waals surface area contributed by atoms with Gasteiger partial charge in [-0.3, -0.25) is 0 Å². The van der Waals surface area contributed by atoms with Crippen LogP contribution in [0.5, 0.6) is 0 Å². The molecular formula is C14H14N2O. The van der Waals surface area contributed by atoms with Crippen molar-refractivity contribution in [1.29, 1.82) is 0 Å². The van der Waals surface area contributed by atoms with Crippen molar-refractivity contribution in [1.82, 2.24) is 9.55 Å². The smallest absolute Gasteiger partial charge is 0.143 e. The number of para-hydroxylation sites is 1. The standard InChI is InChI=1S/C14H14N2O/c1-10-7-8-15-14-13(10)11-5-3-4-6-12(11)16(14)9-17-2/h3-8H,9H2,1-2H3. The van der Waals surface area contributed by atoms with Crippen LogP contribution in [0.3, 0.4) is 0 Å². The number of methoxy groups -OCH3 is 1. The zero-order valence-electron chi connectivity index (χ0n) is 9.97. The van der Waals surface area contributed by atoms with Gasteiger partial charge in [-0.15, -0.1) is 0 Å². The van der Waals surface area contributed by atoms with Gasteiger partial charge < -0.3 is 9.30 Å². The zero-order valence-corrected chi connectivity index (χ0v) is 9.97. The van der Waals surface area contributed by atoms with Crippen molar-refractivity contribution >= 4 is 21.9 Å². The van der Waals surface area contributed by atoms with Crippen molar-refractivity contribution < 1.29 is 4.74 Å². The van der Waals surface area contributed by atoms with Crippen LogP contribution in [0.4, 0.5) is 0 Å². The number of nitrogens with zero attached hydrogens (tertiary/aromatic N) is 2. The predicted molar refractivity (Wildman–Crippen MR) is 69.0 cm³/mol. The van der Waals surface area contributed by atoms with Gasteiger partial charge in [0.2, 0.25) is 0 Å². The Balaban J connectivity index is 2.53. The zero-order chi connectivity index (χ0) is 11.8. The molecule has 2 heterocycles. The molecule has 0 spiro atoms. The molecule has 0 aliphatic carbocycles. The fourth-order valence-electron chi connectivity index (χ4n) is 2.38. The molecule has 0 saturated heterocycles. The van der Waals surface area contributed by atoms with E-state index in [0.717, 1.165) is 5.65 Å². The van der Waals surface area contributed by atoms with Crippen LogP contribution in [0.15, 0.2) is 36.5 Å². The predicted octanol–water partition coefficient (Wildman–Crippen LogP) is 3.10. The fraction of sp³-hybridized carbons (Fsp3) is 0.214. The van der Waals surface area contributed by atoms with Crippen LogP contribution in [0.2, 0.25) is 0 Å². The largest absolute Gasteiger partial charge is 0.364 e. The summed E-state index contributed by atoms with van der Waals surface area (Å²) in [5.41, 5.74) is 3.42. The van der Waals surface area contributed by atoms with Gasteiger partial charge in [0.25, 0.3) is 0 Å². The van der Waals surface area contributed by atoms with E-state index in [9.17, 15) is 0 Å². The van der Waals surface area contributed by atoms with Crippen LogP contribution in [0, 0.1) is 6.92 Å². The normalized spacial score (nSPS) is 11.4. The van der Waals surface area contributed by atoms with Gasteiger partial charge in [-0.2, -0.15) is 0 Å². The summed E-state index contributed by atoms with van der Waals surface area (Å²) in [6.45, 7) is 2.65. The Morgan fingerprint density at radius 2 is 2.06 bits per heavy atom. The van der Waals surface area contributed by atoms with Gasteiger partial charge in [0.1, 0.15) is 12.4 Å². The fourth-order valence-corrected chi connectivity index (χ4v) is 2.38. The number of ether oxygens (including phenoxy) is 1. The van der Waals surface area contributed by atoms with E-state index in [4.69, 9.17) is 4.74 Å². The third-order valence-electron chi connectivity index (χ3n) is 3.12. The van der Waals surface area contributed by atoms with Crippen molar-refractivity contribution in [3.8, 4) is 0 Å². The third-order valence-corrected chi connectivity index (χ3v) is 3.12. The van der Waals surface area contributed by atoms with Gasteiger partial charge >= 0.3 is 0 Å². The van der Waals surface area contributed by atoms with E-state index in [2.05, 4.69) is 34.7 Å². The maximum atomic E-state index is 5.27. The van der Waals surface area contributed by atoms with Crippen molar-refractivity contribution in [2.45, 2.75) is 13.7 Å². The summed E-state index contributed by atoms with van der Waals surface area (Å²) in [7, 11) is 1.70. The lowest BCUT2D eigenvalue weighted by Crippen LogP contribution is -2.00. The Labute approximate surface area is 99.6 Å². The average molecular weight is 226 g/mol. The molecule has 17 heavy (non-hydrogen) atoms. The Morgan fingerprint density at radius 1 is 1.24 bits per heavy atom. The van der Waals surface area contributed by atoms with Crippen molar-refractivity contribution in [3.05, 3.63) is 42.1 Å². The van der Waals surface area contributed by atoms with E-state index in [1.807, 2.05) is 18.3 Å². The minimum atomic E-state index is 0.528. The molecule has 1 aromatic carbocycles. The number of pyridine rings is 1. The number of hydrogen-bond acceptors (Lipinski definition) is 2. The lowest BCUT2D eigenvalue weighted by atomic mass is 10.1. The highest BCUT2D eigenvalue weighted by molar-refractivity contribution is 6.08. The summed E-state index contributed by atoms with van der Waals surface area (Å²) < 4.78 is 7.37. The minimum absolute atomic E-state index is 0.528. The summed E-state index contributed by atoms with van der Waals surface area (Å²) >= 11 is 0. The monoisotopic (exact) mass is 226 g/mol. The molecule has 2 aromatic heterocycles. The van der Waals surface area contributed by atoms with E-state index in [0.29, 0.717) is 6.73 Å². The molecule has 0 saturated carbocycles. The molecule has 0 bridgehead atoms. The molecular weight excluding hydrogens is 212 g/mol. The second-order valence-corrected chi connectivity index (χ2v) is 4.19. The summed E-state index contributed by atoms with van der Waals surface area (Å²) in [5.74, 6) is 0. The van der Waals surface area contributed by atoms with Crippen LogP contribution in [-0.2, 0) is 11.5 Å². The molecule has 0 unspecified atom stereocenters. The number of aryl methyl sites for hydroxylation is 1. The van der Waals surface area contributed by atoms with Gasteiger partial charge in [-0.25, -0.2) is 4.98 Å². The Bertz CT molecular complexity index is 685. The molecule has 3 nitrogen and oxygen atoms in total. The van der Waals surface area contributed by atoms with Gasteiger partial charge in [0, 0.05) is 24.1 Å². The topological polar surface area (TPSA) is 27.1 Å². The average Bonchev–Trinajstić information content (AvgIpc) is 2.66. The Morgan fingerprint density at radius 3 is 2.88 bits per heavy atom. The maximum Gasteiger partial charge on any atom is 0.143 e. The van der Waals surface area contributed by atoms with Crippen LogP contribution in [-0.4, -0.2) is 16.7 Å². The van der Waals surface area contributed by atoms with E-state index in [1.54, 1.807) is 7.11 Å². The molecule has 0 radical (unpaired) electrons. The van der Waals surface area contributed by atoms with Crippen LogP contribution >= 0.6 is 0 Å². The first-order chi connectivity index (χ1) is 8.33. The van der Waals surface area contributed by atoms with Gasteiger partial charge in [0.05, 0.1) is 5.52 Å². The van der Waals surface area contributed by atoms with E-state index < -0.39 is 0 Å². The summed E-state index contributed by atoms with van der Waals surface area (Å²) in [6.07, 6.45) is 1.85. The van der Waals surface area contributed by atoms with E-state index in [-0.39, 0.29) is 0 Å². The highest BCUT2D eigenvalue weighted by Crippen LogP contribution is 2.29. The van der Waals surface area contributed by atoms with Crippen molar-refractivity contribution in [2.75, 3.05) is 7.11 Å². The third kappa shape index (κ3) is 1.43. The van der Waals surface area contributed by atoms with Gasteiger partial charge in [0.15, 0.2) is 0 Å². The number of rotatable bonds is 2. The molecule has 0 atom stereocenters. The highest BCUT2D eigenvalue weighted by atomic mass is 16.5. The molecule has 0 amide bonds. The first kappa shape index (κ1) is 10.3. The summed E-state index contributed by atoms with van der Waals surface area (Å²) in [4.78, 5) is 4.48. The molecule has 86 valence electrons. The Hall–Kier alpha value is -1.87. The first-order valence-corrected chi connectivity index (χ1v) is 5.64. The van der Waals surface area contributed by atoms with Crippen LogP contribution in [0.1, 0.15) is 5.56 Å². The SMILES string of the molecule is COCn1c2ccccc2c2c(C)ccnc21. The highest BCUT2D eigenvalue weighted by Gasteiger charge is 2.12. The quantitative estimate of drug-likeness (QED) is 0.671. The number of fused-ring (bicyclic) bond motifs is 3. The number of benzene rings is 1. The maximum absolute atomic E-state index is 5.27. The van der Waals surface area contributed by atoms with Crippen molar-refractivity contribution in [2.24, 2.45) is 0 Å². The number of hydrogen-bond donors (Lipinski definition) is 0.